The van der Waals surface area contributed by atoms with Crippen molar-refractivity contribution >= 4 is 63.7 Å². The molecule has 0 bridgehead atoms. The Labute approximate surface area is 405 Å². The Morgan fingerprint density at radius 3 is 2.36 bits per heavy atom. The lowest BCUT2D eigenvalue weighted by atomic mass is 9.85. The van der Waals surface area contributed by atoms with E-state index in [0.717, 1.165) is 33.8 Å². The molecular formula is C47H52F4N8O8S2. The molecule has 1 unspecified atom stereocenters. The largest absolute Gasteiger partial charge is 0.494 e. The molecule has 0 saturated carbocycles. The molecule has 2 aromatic carbocycles. The van der Waals surface area contributed by atoms with Gasteiger partial charge in [0.1, 0.15) is 47.8 Å². The molecule has 4 heterocycles. The number of aromatic nitrogens is 2. The number of anilines is 2. The Hall–Kier alpha value is -6.28. The number of hydrogen-bond acceptors (Lipinski definition) is 13. The minimum atomic E-state index is -5.23. The fourth-order valence-corrected chi connectivity index (χ4v) is 9.23. The summed E-state index contributed by atoms with van der Waals surface area (Å²) in [5.41, 5.74) is -0.917. The normalized spacial score (nSPS) is 16.4. The first-order valence-electron chi connectivity index (χ1n) is 21.8. The Balaban J connectivity index is 0.947. The van der Waals surface area contributed by atoms with Gasteiger partial charge in [-0.15, -0.1) is 11.3 Å². The quantitative estimate of drug-likeness (QED) is 0.0608. The van der Waals surface area contributed by atoms with E-state index in [1.54, 1.807) is 21.7 Å². The summed E-state index contributed by atoms with van der Waals surface area (Å²) in [6.45, 7) is 10.9. The molecule has 0 radical (unpaired) electrons. The molecule has 2 aliphatic rings. The van der Waals surface area contributed by atoms with E-state index in [-0.39, 0.29) is 67.3 Å². The maximum absolute atomic E-state index is 15.5. The van der Waals surface area contributed by atoms with Crippen LogP contribution in [-0.2, 0) is 41.4 Å². The first kappa shape index (κ1) is 52.1. The van der Waals surface area contributed by atoms with E-state index in [1.165, 1.54) is 44.2 Å². The second kappa shape index (κ2) is 21.6. The number of methoxy groups -OCH3 is 1. The van der Waals surface area contributed by atoms with E-state index in [1.807, 2.05) is 52.0 Å². The van der Waals surface area contributed by atoms with Crippen molar-refractivity contribution in [2.75, 3.05) is 56.5 Å². The molecule has 22 heteroatoms. The number of pyridine rings is 1. The molecule has 2 atom stereocenters. The van der Waals surface area contributed by atoms with Crippen LogP contribution >= 0.6 is 23.6 Å². The van der Waals surface area contributed by atoms with E-state index < -0.39 is 63.7 Å². The SMILES string of the molecule is COc1cc(OCCOCCOCC(=O)N[C@H](C(=O)N2CCCC2C(=O)NCc2ccc(-c3scnc3C)cc2)C(C)(C)C)ncc1N1C(=S)N(c2ccc(C#N)c(C(F)(F)F)c2F)C(=O)C1(C)C. The van der Waals surface area contributed by atoms with Crippen LogP contribution < -0.4 is 29.9 Å². The standard InChI is InChI=1S/C47H52F4N8O8S2/c1-27-39(69-26-55-27)29-12-10-28(11-13-29)23-54-41(61)32-9-8-16-57(32)42(62)40(45(2,3)4)56-35(60)25-66-18-17-65-19-20-67-36-21-34(64-7)33(24-53-36)59-44(68)58(43(63)46(59,5)6)31-15-14-30(22-52)37(38(31)48)47(49,50)51/h10-15,21,24,26,32,40H,8-9,16-20,23,25H2,1-7H3,(H,54,61)(H,56,60)/t32?,40-/m1/s1. The van der Waals surface area contributed by atoms with Gasteiger partial charge in [0.05, 0.1) is 66.5 Å². The van der Waals surface area contributed by atoms with Gasteiger partial charge in [-0.3, -0.25) is 29.0 Å². The van der Waals surface area contributed by atoms with E-state index in [2.05, 4.69) is 20.6 Å². The van der Waals surface area contributed by atoms with Crippen molar-refractivity contribution in [1.82, 2.24) is 25.5 Å². The molecule has 4 amide bonds. The van der Waals surface area contributed by atoms with Crippen LogP contribution in [0.25, 0.3) is 10.4 Å². The number of aryl methyl sites for hydroxylation is 1. The minimum Gasteiger partial charge on any atom is -0.494 e. The predicted octanol–water partition coefficient (Wildman–Crippen LogP) is 6.72. The molecule has 368 valence electrons. The first-order valence-corrected chi connectivity index (χ1v) is 23.1. The van der Waals surface area contributed by atoms with Crippen LogP contribution in [0.4, 0.5) is 28.9 Å². The van der Waals surface area contributed by atoms with Crippen molar-refractivity contribution in [3.8, 4) is 28.1 Å². The molecule has 2 aliphatic heterocycles. The summed E-state index contributed by atoms with van der Waals surface area (Å²) in [6.07, 6.45) is -2.81. The van der Waals surface area contributed by atoms with Gasteiger partial charge in [-0.2, -0.15) is 18.4 Å². The maximum atomic E-state index is 15.5. The van der Waals surface area contributed by atoms with Crippen LogP contribution in [0.5, 0.6) is 11.6 Å². The van der Waals surface area contributed by atoms with E-state index in [9.17, 15) is 37.6 Å². The highest BCUT2D eigenvalue weighted by Gasteiger charge is 2.53. The number of amides is 4. The van der Waals surface area contributed by atoms with Gasteiger partial charge in [-0.25, -0.2) is 14.4 Å². The van der Waals surface area contributed by atoms with Crippen molar-refractivity contribution in [2.45, 2.75) is 84.7 Å². The number of thiocarbonyl (C=S) groups is 1. The highest BCUT2D eigenvalue weighted by molar-refractivity contribution is 7.81. The molecular weight excluding hydrogens is 945 g/mol. The van der Waals surface area contributed by atoms with Crippen LogP contribution in [-0.4, -0.2) is 108 Å². The predicted molar refractivity (Wildman–Crippen MR) is 251 cm³/mol. The molecule has 6 rings (SSSR count). The van der Waals surface area contributed by atoms with Crippen molar-refractivity contribution in [3.63, 3.8) is 0 Å². The smallest absolute Gasteiger partial charge is 0.420 e. The Morgan fingerprint density at radius 2 is 1.72 bits per heavy atom. The van der Waals surface area contributed by atoms with Crippen LogP contribution in [0.1, 0.15) is 69.8 Å². The first-order chi connectivity index (χ1) is 32.6. The zero-order valence-electron chi connectivity index (χ0n) is 39.0. The summed E-state index contributed by atoms with van der Waals surface area (Å²) in [7, 11) is 1.33. The summed E-state index contributed by atoms with van der Waals surface area (Å²) in [5.74, 6) is -3.60. The van der Waals surface area contributed by atoms with Crippen molar-refractivity contribution in [2.24, 2.45) is 5.41 Å². The molecule has 16 nitrogen and oxygen atoms in total. The van der Waals surface area contributed by atoms with Crippen molar-refractivity contribution < 1.29 is 55.7 Å². The highest BCUT2D eigenvalue weighted by Crippen LogP contribution is 2.44. The fraction of sp³-hybridized carbons (Fsp3) is 0.447. The maximum Gasteiger partial charge on any atom is 0.420 e. The zero-order valence-corrected chi connectivity index (χ0v) is 40.6. The number of benzene rings is 2. The number of nitrogens with one attached hydrogen (secondary N) is 2. The zero-order chi connectivity index (χ0) is 50.4. The van der Waals surface area contributed by atoms with Gasteiger partial charge in [0.25, 0.3) is 5.91 Å². The number of halogens is 4. The number of alkyl halides is 3. The summed E-state index contributed by atoms with van der Waals surface area (Å²) in [5, 5.41) is 14.6. The molecule has 0 spiro atoms. The number of nitrogens with zero attached hydrogens (tertiary/aromatic N) is 6. The molecule has 2 fully saturated rings. The van der Waals surface area contributed by atoms with Gasteiger partial charge in [-0.1, -0.05) is 45.0 Å². The lowest BCUT2D eigenvalue weighted by molar-refractivity contribution is -0.144. The number of hydrogen-bond donors (Lipinski definition) is 2. The van der Waals surface area contributed by atoms with Crippen LogP contribution in [0.3, 0.4) is 0 Å². The Bertz CT molecular complexity index is 2620. The Kier molecular flexibility index (Phi) is 16.3. The summed E-state index contributed by atoms with van der Waals surface area (Å²) >= 11 is 7.09. The van der Waals surface area contributed by atoms with Gasteiger partial charge >= 0.3 is 6.18 Å². The third-order valence-corrected chi connectivity index (χ3v) is 12.8. The van der Waals surface area contributed by atoms with E-state index >= 15 is 4.39 Å². The third-order valence-electron chi connectivity index (χ3n) is 11.5. The second-order valence-corrected chi connectivity index (χ2v) is 18.9. The molecule has 2 aromatic heterocycles. The topological polar surface area (TPSA) is 189 Å². The van der Waals surface area contributed by atoms with Crippen LogP contribution in [0.15, 0.2) is 54.2 Å². The Morgan fingerprint density at radius 1 is 1.03 bits per heavy atom. The van der Waals surface area contributed by atoms with Gasteiger partial charge in [0, 0.05) is 19.2 Å². The van der Waals surface area contributed by atoms with Crippen molar-refractivity contribution in [3.05, 3.63) is 82.4 Å². The molecule has 4 aromatic rings. The van der Waals surface area contributed by atoms with Crippen LogP contribution in [0, 0.1) is 29.5 Å². The number of nitriles is 1. The summed E-state index contributed by atoms with van der Waals surface area (Å²) < 4.78 is 79.2. The summed E-state index contributed by atoms with van der Waals surface area (Å²) in [6, 6.07) is 10.7. The van der Waals surface area contributed by atoms with Crippen molar-refractivity contribution in [1.29, 1.82) is 5.26 Å². The van der Waals surface area contributed by atoms with E-state index in [0.29, 0.717) is 30.8 Å². The third kappa shape index (κ3) is 11.6. The number of carbonyl (C=O) groups excluding carboxylic acids is 4. The number of rotatable bonds is 18. The molecule has 2 N–H and O–H groups in total. The fourth-order valence-electron chi connectivity index (χ4n) is 7.91. The van der Waals surface area contributed by atoms with Gasteiger partial charge < -0.3 is 34.5 Å². The molecule has 2 saturated heterocycles. The number of carbonyl (C=O) groups is 4. The van der Waals surface area contributed by atoms with Gasteiger partial charge in [-0.05, 0) is 74.5 Å². The second-order valence-electron chi connectivity index (χ2n) is 17.7. The average Bonchev–Trinajstić information content (AvgIpc) is 4.01. The number of likely N-dealkylation sites (tertiary alicyclic amines) is 1. The highest BCUT2D eigenvalue weighted by atomic mass is 32.1. The average molecular weight is 997 g/mol. The van der Waals surface area contributed by atoms with Gasteiger partial charge in [0.15, 0.2) is 10.9 Å². The van der Waals surface area contributed by atoms with Gasteiger partial charge in [0.2, 0.25) is 23.6 Å². The molecule has 0 aliphatic carbocycles. The van der Waals surface area contributed by atoms with E-state index in [4.69, 9.17) is 31.2 Å². The minimum absolute atomic E-state index is 0.0151. The summed E-state index contributed by atoms with van der Waals surface area (Å²) in [4.78, 5) is 67.1. The number of ether oxygens (including phenoxy) is 4. The van der Waals surface area contributed by atoms with Crippen LogP contribution in [0.2, 0.25) is 0 Å². The molecule has 69 heavy (non-hydrogen) atoms. The lowest BCUT2D eigenvalue weighted by Gasteiger charge is -2.35. The number of thiazole rings is 1. The monoisotopic (exact) mass is 996 g/mol. The lowest BCUT2D eigenvalue weighted by Crippen LogP contribution is -2.58.